The molecule has 1 aromatic heterocycles. The van der Waals surface area contributed by atoms with Gasteiger partial charge in [0.05, 0.1) is 0 Å². The van der Waals surface area contributed by atoms with Gasteiger partial charge in [-0.15, -0.1) is 0 Å². The summed E-state index contributed by atoms with van der Waals surface area (Å²) in [6, 6.07) is 4.26. The number of hydrogen-bond donors (Lipinski definition) is 0. The van der Waals surface area contributed by atoms with E-state index in [0.717, 1.165) is 37.9 Å². The molecule has 0 spiro atoms. The monoisotopic (exact) mass is 296 g/mol. The molecule has 1 fully saturated rings. The number of rotatable bonds is 5. The molecule has 0 aliphatic carbocycles. The number of ether oxygens (including phenoxy) is 1. The van der Waals surface area contributed by atoms with Gasteiger partial charge in [-0.05, 0) is 43.6 Å². The minimum atomic E-state index is 0.782. The molecule has 0 atom stereocenters. The van der Waals surface area contributed by atoms with Gasteiger partial charge in [-0.1, -0.05) is 31.9 Å². The first-order valence-electron chi connectivity index (χ1n) is 7.56. The lowest BCUT2D eigenvalue weighted by Crippen LogP contribution is -2.27. The van der Waals surface area contributed by atoms with Crippen LogP contribution in [0.2, 0.25) is 0 Å². The van der Waals surface area contributed by atoms with E-state index in [1.807, 2.05) is 38.9 Å². The molecule has 3 nitrogen and oxygen atoms in total. The molecule has 0 radical (unpaired) electrons. The first-order chi connectivity index (χ1) is 9.78. The van der Waals surface area contributed by atoms with Crippen LogP contribution >= 0.6 is 11.9 Å². The molecule has 0 saturated carbocycles. The van der Waals surface area contributed by atoms with Crippen LogP contribution in [0.1, 0.15) is 37.9 Å². The van der Waals surface area contributed by atoms with Crippen molar-refractivity contribution < 1.29 is 4.74 Å². The van der Waals surface area contributed by atoms with Crippen molar-refractivity contribution >= 4 is 11.9 Å². The molecule has 0 unspecified atom stereocenters. The van der Waals surface area contributed by atoms with E-state index in [2.05, 4.69) is 27.7 Å². The topological polar surface area (TPSA) is 25.4 Å². The van der Waals surface area contributed by atoms with Gasteiger partial charge in [-0.2, -0.15) is 0 Å². The summed E-state index contributed by atoms with van der Waals surface area (Å²) in [5.74, 6) is 0.782. The van der Waals surface area contributed by atoms with Crippen molar-refractivity contribution in [2.75, 3.05) is 26.0 Å². The largest absolute Gasteiger partial charge is 0.381 e. The Morgan fingerprint density at radius 2 is 2.00 bits per heavy atom. The Bertz CT molecular complexity index is 350. The van der Waals surface area contributed by atoms with Crippen molar-refractivity contribution in [3.8, 4) is 0 Å². The second-order valence-electron chi connectivity index (χ2n) is 4.87. The van der Waals surface area contributed by atoms with Gasteiger partial charge in [-0.3, -0.25) is 4.98 Å². The highest BCUT2D eigenvalue weighted by Crippen LogP contribution is 2.21. The highest BCUT2D eigenvalue weighted by Gasteiger charge is 2.17. The van der Waals surface area contributed by atoms with E-state index in [1.54, 1.807) is 0 Å². The Kier molecular flexibility index (Phi) is 8.90. The molecular weight excluding hydrogens is 268 g/mol. The molecule has 2 rings (SSSR count). The van der Waals surface area contributed by atoms with Crippen LogP contribution in [0.5, 0.6) is 0 Å². The van der Waals surface area contributed by atoms with E-state index in [-0.39, 0.29) is 0 Å². The van der Waals surface area contributed by atoms with Crippen LogP contribution < -0.4 is 0 Å². The van der Waals surface area contributed by atoms with Gasteiger partial charge >= 0.3 is 0 Å². The van der Waals surface area contributed by atoms with Crippen molar-refractivity contribution in [2.24, 2.45) is 5.92 Å². The summed E-state index contributed by atoms with van der Waals surface area (Å²) in [7, 11) is 0. The molecule has 0 amide bonds. The molecule has 0 bridgehead atoms. The summed E-state index contributed by atoms with van der Waals surface area (Å²) in [4.78, 5) is 4.36. The fraction of sp³-hybridized carbons (Fsp3) is 0.688. The number of hydrogen-bond acceptors (Lipinski definition) is 4. The Morgan fingerprint density at radius 1 is 1.30 bits per heavy atom. The second kappa shape index (κ2) is 10.2. The predicted molar refractivity (Wildman–Crippen MR) is 87.8 cm³/mol. The average molecular weight is 296 g/mol. The van der Waals surface area contributed by atoms with Crippen LogP contribution in [0, 0.1) is 12.8 Å². The Hall–Kier alpha value is -0.580. The van der Waals surface area contributed by atoms with Gasteiger partial charge in [0.1, 0.15) is 0 Å². The maximum Gasteiger partial charge on any atom is 0.0469 e. The fourth-order valence-corrected chi connectivity index (χ4v) is 2.85. The molecule has 4 heteroatoms. The third-order valence-electron chi connectivity index (χ3n) is 3.39. The lowest BCUT2D eigenvalue weighted by Gasteiger charge is -2.28. The van der Waals surface area contributed by atoms with Crippen molar-refractivity contribution in [1.29, 1.82) is 0 Å². The van der Waals surface area contributed by atoms with Gasteiger partial charge in [0.2, 0.25) is 0 Å². The van der Waals surface area contributed by atoms with Crippen LogP contribution in [0.3, 0.4) is 0 Å². The quantitative estimate of drug-likeness (QED) is 0.769. The minimum Gasteiger partial charge on any atom is -0.381 e. The highest BCUT2D eigenvalue weighted by atomic mass is 32.2. The first kappa shape index (κ1) is 17.5. The van der Waals surface area contributed by atoms with Crippen LogP contribution in [-0.4, -0.2) is 35.3 Å². The highest BCUT2D eigenvalue weighted by molar-refractivity contribution is 7.96. The van der Waals surface area contributed by atoms with Crippen molar-refractivity contribution in [3.63, 3.8) is 0 Å². The molecule has 1 aliphatic heterocycles. The van der Waals surface area contributed by atoms with Crippen LogP contribution in [0.15, 0.2) is 18.3 Å². The molecule has 1 saturated heterocycles. The molecule has 2 heterocycles. The van der Waals surface area contributed by atoms with Gasteiger partial charge in [0, 0.05) is 38.2 Å². The van der Waals surface area contributed by atoms with Gasteiger partial charge in [0.25, 0.3) is 0 Å². The van der Waals surface area contributed by atoms with E-state index >= 15 is 0 Å². The number of pyridine rings is 1. The van der Waals surface area contributed by atoms with Gasteiger partial charge < -0.3 is 4.74 Å². The second-order valence-corrected chi connectivity index (χ2v) is 5.75. The first-order valence-corrected chi connectivity index (χ1v) is 8.74. The molecule has 0 aromatic carbocycles. The zero-order valence-electron chi connectivity index (χ0n) is 13.3. The Balaban J connectivity index is 0.000000956. The lowest BCUT2D eigenvalue weighted by atomic mass is 10.0. The zero-order chi connectivity index (χ0) is 14.8. The summed E-state index contributed by atoms with van der Waals surface area (Å²) in [5.41, 5.74) is 2.38. The summed E-state index contributed by atoms with van der Waals surface area (Å²) in [5, 5.41) is 0. The molecule has 114 valence electrons. The van der Waals surface area contributed by atoms with E-state index in [0.29, 0.717) is 0 Å². The summed E-state index contributed by atoms with van der Waals surface area (Å²) >= 11 is 1.83. The van der Waals surface area contributed by atoms with E-state index in [9.17, 15) is 0 Å². The minimum absolute atomic E-state index is 0.782. The number of aromatic nitrogens is 1. The molecule has 20 heavy (non-hydrogen) atoms. The Labute approximate surface area is 128 Å². The third-order valence-corrected chi connectivity index (χ3v) is 4.19. The smallest absolute Gasteiger partial charge is 0.0469 e. The summed E-state index contributed by atoms with van der Waals surface area (Å²) in [6.45, 7) is 10.0. The van der Waals surface area contributed by atoms with Crippen molar-refractivity contribution in [3.05, 3.63) is 29.6 Å². The van der Waals surface area contributed by atoms with Crippen molar-refractivity contribution in [2.45, 2.75) is 40.2 Å². The normalized spacial score (nSPS) is 15.8. The predicted octanol–water partition coefficient (Wildman–Crippen LogP) is 3.92. The summed E-state index contributed by atoms with van der Waals surface area (Å²) in [6.07, 6.45) is 6.54. The van der Waals surface area contributed by atoms with E-state index in [4.69, 9.17) is 4.74 Å². The fourth-order valence-electron chi connectivity index (χ4n) is 2.22. The van der Waals surface area contributed by atoms with Crippen molar-refractivity contribution in [1.82, 2.24) is 9.29 Å². The molecule has 0 N–H and O–H groups in total. The number of aryl methyl sites for hydroxylation is 1. The van der Waals surface area contributed by atoms with Gasteiger partial charge in [-0.25, -0.2) is 4.31 Å². The molecular formula is C16H28N2OS. The maximum absolute atomic E-state index is 5.41. The Morgan fingerprint density at radius 3 is 2.55 bits per heavy atom. The van der Waals surface area contributed by atoms with E-state index < -0.39 is 0 Å². The number of nitrogens with zero attached hydrogens (tertiary/aromatic N) is 2. The van der Waals surface area contributed by atoms with E-state index in [1.165, 1.54) is 18.4 Å². The molecule has 1 aromatic rings. The lowest BCUT2D eigenvalue weighted by molar-refractivity contribution is 0.0610. The maximum atomic E-state index is 5.41. The average Bonchev–Trinajstić information content (AvgIpc) is 2.52. The summed E-state index contributed by atoms with van der Waals surface area (Å²) < 4.78 is 7.84. The SMILES string of the molecule is CC.CSN(Cc1ccc(C)nc1)CC1CCOCC1. The third kappa shape index (κ3) is 6.25. The van der Waals surface area contributed by atoms with Crippen LogP contribution in [0.25, 0.3) is 0 Å². The van der Waals surface area contributed by atoms with Crippen LogP contribution in [-0.2, 0) is 11.3 Å². The van der Waals surface area contributed by atoms with Gasteiger partial charge in [0.15, 0.2) is 0 Å². The van der Waals surface area contributed by atoms with Crippen LogP contribution in [0.4, 0.5) is 0 Å². The zero-order valence-corrected chi connectivity index (χ0v) is 14.1. The standard InChI is InChI=1S/C14H22N2OS.C2H6/c1-12-3-4-14(9-15-12)11-16(18-2)10-13-5-7-17-8-6-13;1-2/h3-4,9,13H,5-8,10-11H2,1-2H3;1-2H3. The molecule has 1 aliphatic rings.